The predicted octanol–water partition coefficient (Wildman–Crippen LogP) is 12.3. The second-order valence-corrected chi connectivity index (χ2v) is 18.5. The molecule has 3 unspecified atom stereocenters. The second kappa shape index (κ2) is 38.5. The first kappa shape index (κ1) is 54.0. The van der Waals surface area contributed by atoms with Gasteiger partial charge in [-0.05, 0) is 44.9 Å². The number of allylic oxidation sites excluding steroid dienone is 3. The monoisotopic (exact) mass is 799 g/mol. The van der Waals surface area contributed by atoms with Crippen LogP contribution in [0.2, 0.25) is 0 Å². The highest BCUT2D eigenvalue weighted by Crippen LogP contribution is 2.38. The first-order chi connectivity index (χ1) is 26.5. The lowest BCUT2D eigenvalue weighted by Crippen LogP contribution is -2.45. The molecule has 1 amide bonds. The van der Waals surface area contributed by atoms with E-state index in [0.717, 1.165) is 38.5 Å². The van der Waals surface area contributed by atoms with Crippen LogP contribution in [-0.4, -0.2) is 68.5 Å². The zero-order valence-electron chi connectivity index (χ0n) is 36.9. The SMILES string of the molecule is CCCCCCCCCCC/C=C/C(O)C(COP(=O)([O-])OCC[N+](C)(C)C)NC(=O)CCCCCCCCC/C=C\CCCCCCCCCCCCC. The van der Waals surface area contributed by atoms with E-state index in [1.165, 1.54) is 154 Å². The number of quaternary nitrogens is 1. The summed E-state index contributed by atoms with van der Waals surface area (Å²) in [5.74, 6) is -0.202. The average molecular weight is 799 g/mol. The lowest BCUT2D eigenvalue weighted by atomic mass is 10.0. The van der Waals surface area contributed by atoms with Crippen LogP contribution in [0.15, 0.2) is 24.3 Å². The van der Waals surface area contributed by atoms with Gasteiger partial charge in [0, 0.05) is 6.42 Å². The maximum Gasteiger partial charge on any atom is 0.268 e. The largest absolute Gasteiger partial charge is 0.756 e. The first-order valence-corrected chi connectivity index (χ1v) is 24.7. The van der Waals surface area contributed by atoms with Crippen LogP contribution >= 0.6 is 7.82 Å². The van der Waals surface area contributed by atoms with Crippen molar-refractivity contribution in [3.05, 3.63) is 24.3 Å². The number of rotatable bonds is 42. The minimum absolute atomic E-state index is 0.000936. The van der Waals surface area contributed by atoms with Crippen molar-refractivity contribution >= 4 is 13.7 Å². The van der Waals surface area contributed by atoms with Crippen molar-refractivity contribution in [1.82, 2.24) is 5.32 Å². The van der Waals surface area contributed by atoms with Gasteiger partial charge in [0.25, 0.3) is 7.82 Å². The fraction of sp³-hybridized carbons (Fsp3) is 0.891. The number of amides is 1. The third-order valence-corrected chi connectivity index (χ3v) is 11.4. The Balaban J connectivity index is 4.27. The van der Waals surface area contributed by atoms with E-state index in [1.807, 2.05) is 27.2 Å². The smallest absolute Gasteiger partial charge is 0.268 e. The Hall–Kier alpha value is -1.02. The van der Waals surface area contributed by atoms with Gasteiger partial charge in [0.15, 0.2) is 0 Å². The second-order valence-electron chi connectivity index (χ2n) is 17.1. The highest BCUT2D eigenvalue weighted by atomic mass is 31.2. The van der Waals surface area contributed by atoms with E-state index in [1.54, 1.807) is 6.08 Å². The van der Waals surface area contributed by atoms with Crippen molar-refractivity contribution in [2.45, 2.75) is 225 Å². The predicted molar refractivity (Wildman–Crippen MR) is 233 cm³/mol. The number of nitrogens with one attached hydrogen (secondary N) is 1. The number of carbonyl (C=O) groups is 1. The number of hydrogen-bond donors (Lipinski definition) is 2. The first-order valence-electron chi connectivity index (χ1n) is 23.2. The third kappa shape index (κ3) is 41.0. The van der Waals surface area contributed by atoms with Gasteiger partial charge in [0.05, 0.1) is 39.9 Å². The highest BCUT2D eigenvalue weighted by Gasteiger charge is 2.23. The minimum atomic E-state index is -4.58. The van der Waals surface area contributed by atoms with Crippen LogP contribution < -0.4 is 10.2 Å². The van der Waals surface area contributed by atoms with Gasteiger partial charge >= 0.3 is 0 Å². The van der Waals surface area contributed by atoms with E-state index in [-0.39, 0.29) is 19.1 Å². The van der Waals surface area contributed by atoms with Crippen molar-refractivity contribution in [2.75, 3.05) is 40.9 Å². The van der Waals surface area contributed by atoms with E-state index < -0.39 is 20.0 Å². The molecule has 0 aromatic carbocycles. The zero-order chi connectivity index (χ0) is 40.7. The Morgan fingerprint density at radius 3 is 1.42 bits per heavy atom. The Morgan fingerprint density at radius 1 is 0.618 bits per heavy atom. The minimum Gasteiger partial charge on any atom is -0.756 e. The van der Waals surface area contributed by atoms with E-state index in [0.29, 0.717) is 17.4 Å². The molecule has 0 saturated heterocycles. The number of unbranched alkanes of at least 4 members (excludes halogenated alkanes) is 27. The maximum atomic E-state index is 12.8. The number of phosphoric acid groups is 1. The summed E-state index contributed by atoms with van der Waals surface area (Å²) in [6, 6.07) is -0.884. The van der Waals surface area contributed by atoms with Gasteiger partial charge in [-0.2, -0.15) is 0 Å². The molecule has 0 aliphatic rings. The lowest BCUT2D eigenvalue weighted by molar-refractivity contribution is -0.870. The van der Waals surface area contributed by atoms with Gasteiger partial charge in [-0.3, -0.25) is 9.36 Å². The van der Waals surface area contributed by atoms with Crippen LogP contribution in [0.5, 0.6) is 0 Å². The summed E-state index contributed by atoms with van der Waals surface area (Å²) in [6.07, 6.45) is 45.1. The van der Waals surface area contributed by atoms with Gasteiger partial charge in [-0.25, -0.2) is 0 Å². The van der Waals surface area contributed by atoms with Crippen LogP contribution in [0, 0.1) is 0 Å². The van der Waals surface area contributed by atoms with Crippen LogP contribution in [0.3, 0.4) is 0 Å². The number of likely N-dealkylation sites (N-methyl/N-ethyl adjacent to an activating group) is 1. The van der Waals surface area contributed by atoms with E-state index >= 15 is 0 Å². The molecule has 0 fully saturated rings. The van der Waals surface area contributed by atoms with Crippen LogP contribution in [0.25, 0.3) is 0 Å². The van der Waals surface area contributed by atoms with Crippen molar-refractivity contribution in [3.63, 3.8) is 0 Å². The summed E-state index contributed by atoms with van der Waals surface area (Å²) in [7, 11) is 1.26. The molecule has 2 N–H and O–H groups in total. The summed E-state index contributed by atoms with van der Waals surface area (Å²) >= 11 is 0. The van der Waals surface area contributed by atoms with Crippen LogP contribution in [0.4, 0.5) is 0 Å². The van der Waals surface area contributed by atoms with E-state index in [4.69, 9.17) is 9.05 Å². The normalized spacial score (nSPS) is 14.5. The van der Waals surface area contributed by atoms with Crippen molar-refractivity contribution in [3.8, 4) is 0 Å². The Labute approximate surface area is 341 Å². The number of aliphatic hydroxyl groups is 1. The lowest BCUT2D eigenvalue weighted by Gasteiger charge is -2.29. The molecule has 55 heavy (non-hydrogen) atoms. The molecule has 8 nitrogen and oxygen atoms in total. The summed E-state index contributed by atoms with van der Waals surface area (Å²) in [5, 5.41) is 13.7. The van der Waals surface area contributed by atoms with E-state index in [2.05, 4.69) is 31.3 Å². The fourth-order valence-corrected chi connectivity index (χ4v) is 7.40. The Bertz CT molecular complexity index is 953. The summed E-state index contributed by atoms with van der Waals surface area (Å²) < 4.78 is 23.2. The molecule has 9 heteroatoms. The van der Waals surface area contributed by atoms with Gasteiger partial charge in [-0.1, -0.05) is 186 Å². The highest BCUT2D eigenvalue weighted by molar-refractivity contribution is 7.45. The molecule has 0 radical (unpaired) electrons. The molecular formula is C46H91N2O6P. The summed E-state index contributed by atoms with van der Waals surface area (Å²) in [6.45, 7) is 4.63. The Kier molecular flexibility index (Phi) is 37.8. The van der Waals surface area contributed by atoms with Gasteiger partial charge in [-0.15, -0.1) is 0 Å². The number of carbonyl (C=O) groups excluding carboxylic acids is 1. The average Bonchev–Trinajstić information content (AvgIpc) is 3.13. The maximum absolute atomic E-state index is 12.8. The molecule has 0 aliphatic carbocycles. The fourth-order valence-electron chi connectivity index (χ4n) is 6.68. The molecule has 326 valence electrons. The van der Waals surface area contributed by atoms with E-state index in [9.17, 15) is 19.4 Å². The molecule has 0 bridgehead atoms. The van der Waals surface area contributed by atoms with Crippen LogP contribution in [-0.2, 0) is 18.4 Å². The van der Waals surface area contributed by atoms with Crippen molar-refractivity contribution in [2.24, 2.45) is 0 Å². The summed E-state index contributed by atoms with van der Waals surface area (Å²) in [4.78, 5) is 25.3. The molecule has 0 aromatic rings. The zero-order valence-corrected chi connectivity index (χ0v) is 37.8. The quantitative estimate of drug-likeness (QED) is 0.0276. The standard InChI is InChI=1S/C46H91N2O6P/c1-6-8-10-12-14-16-18-19-20-21-22-23-24-25-26-27-28-30-32-34-36-38-40-46(50)47-44(43-54-55(51,52)53-42-41-48(3,4)5)45(49)39-37-35-33-31-29-17-15-13-11-9-7-2/h24-25,37,39,44-45,49H,6-23,26-36,38,40-43H2,1-5H3,(H-,47,50,51,52)/b25-24-,39-37+. The summed E-state index contributed by atoms with van der Waals surface area (Å²) in [5.41, 5.74) is 0. The molecule has 0 heterocycles. The number of nitrogens with zero attached hydrogens (tertiary/aromatic N) is 1. The molecule has 0 aromatic heterocycles. The molecule has 0 aliphatic heterocycles. The van der Waals surface area contributed by atoms with Crippen molar-refractivity contribution in [1.29, 1.82) is 0 Å². The number of hydrogen-bond acceptors (Lipinski definition) is 6. The molecular weight excluding hydrogens is 707 g/mol. The number of phosphoric ester groups is 1. The molecule has 0 saturated carbocycles. The van der Waals surface area contributed by atoms with Crippen LogP contribution in [0.1, 0.15) is 213 Å². The third-order valence-electron chi connectivity index (χ3n) is 10.4. The van der Waals surface area contributed by atoms with Gasteiger partial charge in [0.1, 0.15) is 13.2 Å². The molecule has 3 atom stereocenters. The molecule has 0 rings (SSSR count). The van der Waals surface area contributed by atoms with Gasteiger partial charge in [0.2, 0.25) is 5.91 Å². The number of aliphatic hydroxyl groups excluding tert-OH is 1. The van der Waals surface area contributed by atoms with Crippen molar-refractivity contribution < 1.29 is 32.9 Å². The topological polar surface area (TPSA) is 108 Å². The van der Waals surface area contributed by atoms with Gasteiger partial charge < -0.3 is 28.8 Å². The molecule has 0 spiro atoms. The Morgan fingerprint density at radius 2 is 1.00 bits per heavy atom.